The summed E-state index contributed by atoms with van der Waals surface area (Å²) in [5.41, 5.74) is 1.63. The van der Waals surface area contributed by atoms with Gasteiger partial charge in [0.15, 0.2) is 0 Å². The van der Waals surface area contributed by atoms with E-state index < -0.39 is 5.54 Å². The number of benzene rings is 3. The van der Waals surface area contributed by atoms with Crippen molar-refractivity contribution in [1.29, 1.82) is 0 Å². The largest absolute Gasteiger partial charge is 0.496 e. The lowest BCUT2D eigenvalue weighted by molar-refractivity contribution is -0.137. The Morgan fingerprint density at radius 1 is 0.923 bits per heavy atom. The summed E-state index contributed by atoms with van der Waals surface area (Å²) in [5, 5.41) is 3.02. The molecule has 0 saturated carbocycles. The van der Waals surface area contributed by atoms with Gasteiger partial charge in [0.05, 0.1) is 25.4 Å². The standard InChI is InChI=1S/C31H34N4O4/c1-23(24-11-5-3-6-12-24)32-28(36)21-34-22-35(25-13-7-4-8-14-25)31(30(34)38)17-19-33(20-18-31)29(37)26-15-9-10-16-27(26)39-2/h3-16,23H,17-22H2,1-2H3,(H,32,36)/t23-/m1/s1. The first-order valence-corrected chi connectivity index (χ1v) is 13.3. The van der Waals surface area contributed by atoms with Gasteiger partial charge in [-0.15, -0.1) is 0 Å². The summed E-state index contributed by atoms with van der Waals surface area (Å²) in [6, 6.07) is 26.6. The predicted octanol–water partition coefficient (Wildman–Crippen LogP) is 3.85. The first-order valence-electron chi connectivity index (χ1n) is 13.3. The number of nitrogens with zero attached hydrogens (tertiary/aromatic N) is 3. The maximum Gasteiger partial charge on any atom is 0.257 e. The van der Waals surface area contributed by atoms with Gasteiger partial charge < -0.3 is 24.8 Å². The number of ether oxygens (including phenoxy) is 1. The maximum atomic E-state index is 14.0. The molecule has 2 fully saturated rings. The van der Waals surface area contributed by atoms with Crippen LogP contribution < -0.4 is 15.0 Å². The van der Waals surface area contributed by atoms with E-state index in [1.807, 2.05) is 79.7 Å². The van der Waals surface area contributed by atoms with Gasteiger partial charge in [0, 0.05) is 18.8 Å². The van der Waals surface area contributed by atoms with Crippen molar-refractivity contribution in [2.75, 3.05) is 38.3 Å². The second-order valence-electron chi connectivity index (χ2n) is 10.1. The molecule has 1 spiro atoms. The number of hydrogen-bond acceptors (Lipinski definition) is 5. The molecule has 1 N–H and O–H groups in total. The van der Waals surface area contributed by atoms with Crippen molar-refractivity contribution in [3.63, 3.8) is 0 Å². The molecule has 1 atom stereocenters. The van der Waals surface area contributed by atoms with Gasteiger partial charge in [-0.1, -0.05) is 60.7 Å². The molecule has 2 aliphatic rings. The average molecular weight is 527 g/mol. The number of rotatable bonds is 7. The third-order valence-corrected chi connectivity index (χ3v) is 7.81. The summed E-state index contributed by atoms with van der Waals surface area (Å²) in [6.45, 7) is 3.08. The van der Waals surface area contributed by atoms with E-state index in [-0.39, 0.29) is 30.3 Å². The second-order valence-corrected chi connectivity index (χ2v) is 10.1. The molecule has 3 aromatic carbocycles. The molecule has 0 bridgehead atoms. The highest BCUT2D eigenvalue weighted by atomic mass is 16.5. The molecule has 39 heavy (non-hydrogen) atoms. The number of piperidine rings is 1. The number of methoxy groups -OCH3 is 1. The number of anilines is 1. The minimum absolute atomic E-state index is 0.0229. The molecule has 0 aliphatic carbocycles. The molecule has 3 aromatic rings. The van der Waals surface area contributed by atoms with E-state index in [1.54, 1.807) is 29.0 Å². The Balaban J connectivity index is 1.33. The Bertz CT molecular complexity index is 1320. The lowest BCUT2D eigenvalue weighted by Crippen LogP contribution is -2.57. The highest BCUT2D eigenvalue weighted by Gasteiger charge is 2.54. The molecule has 3 amide bonds. The number of para-hydroxylation sites is 2. The van der Waals surface area contributed by atoms with E-state index >= 15 is 0 Å². The van der Waals surface area contributed by atoms with Gasteiger partial charge in [-0.05, 0) is 49.6 Å². The smallest absolute Gasteiger partial charge is 0.257 e. The monoisotopic (exact) mass is 526 g/mol. The minimum Gasteiger partial charge on any atom is -0.496 e. The van der Waals surface area contributed by atoms with Gasteiger partial charge >= 0.3 is 0 Å². The van der Waals surface area contributed by atoms with Gasteiger partial charge in [-0.3, -0.25) is 14.4 Å². The summed E-state index contributed by atoms with van der Waals surface area (Å²) in [6.07, 6.45) is 0.945. The molecule has 8 nitrogen and oxygen atoms in total. The molecule has 0 aromatic heterocycles. The van der Waals surface area contributed by atoms with Crippen molar-refractivity contribution in [1.82, 2.24) is 15.1 Å². The SMILES string of the molecule is COc1ccccc1C(=O)N1CCC2(CC1)C(=O)N(CC(=O)N[C@H](C)c1ccccc1)CN2c1ccccc1. The quantitative estimate of drug-likeness (QED) is 0.506. The second kappa shape index (κ2) is 11.2. The number of amides is 3. The molecule has 8 heteroatoms. The van der Waals surface area contributed by atoms with E-state index in [9.17, 15) is 14.4 Å². The molecular weight excluding hydrogens is 492 g/mol. The summed E-state index contributed by atoms with van der Waals surface area (Å²) in [5.74, 6) is 0.157. The number of carbonyl (C=O) groups excluding carboxylic acids is 3. The van der Waals surface area contributed by atoms with Gasteiger partial charge in [-0.25, -0.2) is 0 Å². The van der Waals surface area contributed by atoms with Crippen LogP contribution in [0.5, 0.6) is 5.75 Å². The topological polar surface area (TPSA) is 82.2 Å². The Labute approximate surface area is 229 Å². The molecule has 0 unspecified atom stereocenters. The molecule has 2 aliphatic heterocycles. The van der Waals surface area contributed by atoms with Crippen LogP contribution in [0.25, 0.3) is 0 Å². The molecule has 202 valence electrons. The fourth-order valence-electron chi connectivity index (χ4n) is 5.68. The average Bonchev–Trinajstić information content (AvgIpc) is 3.24. The Kier molecular flexibility index (Phi) is 7.54. The van der Waals surface area contributed by atoms with Gasteiger partial charge in [0.25, 0.3) is 11.8 Å². The maximum absolute atomic E-state index is 14.0. The highest BCUT2D eigenvalue weighted by Crippen LogP contribution is 2.40. The normalized spacial score (nSPS) is 17.3. The number of nitrogens with one attached hydrogen (secondary N) is 1. The molecule has 2 heterocycles. The molecule has 2 saturated heterocycles. The fraction of sp³-hybridized carbons (Fsp3) is 0.323. The van der Waals surface area contributed by atoms with Crippen LogP contribution in [0.1, 0.15) is 41.7 Å². The zero-order valence-corrected chi connectivity index (χ0v) is 22.4. The lowest BCUT2D eigenvalue weighted by Gasteiger charge is -2.43. The third-order valence-electron chi connectivity index (χ3n) is 7.81. The van der Waals surface area contributed by atoms with Crippen LogP contribution in [-0.4, -0.2) is 66.5 Å². The van der Waals surface area contributed by atoms with Crippen molar-refractivity contribution in [3.05, 3.63) is 96.1 Å². The van der Waals surface area contributed by atoms with E-state index in [0.717, 1.165) is 11.3 Å². The lowest BCUT2D eigenvalue weighted by atomic mass is 9.85. The van der Waals surface area contributed by atoms with Crippen LogP contribution in [-0.2, 0) is 9.59 Å². The van der Waals surface area contributed by atoms with E-state index in [2.05, 4.69) is 10.2 Å². The number of carbonyl (C=O) groups is 3. The summed E-state index contributed by atoms with van der Waals surface area (Å²) >= 11 is 0. The Morgan fingerprint density at radius 2 is 1.54 bits per heavy atom. The van der Waals surface area contributed by atoms with Crippen molar-refractivity contribution in [2.45, 2.75) is 31.3 Å². The molecule has 0 radical (unpaired) electrons. The first kappa shape index (κ1) is 26.3. The zero-order valence-electron chi connectivity index (χ0n) is 22.4. The van der Waals surface area contributed by atoms with Crippen LogP contribution in [0, 0.1) is 0 Å². The third kappa shape index (κ3) is 5.19. The van der Waals surface area contributed by atoms with Crippen LogP contribution >= 0.6 is 0 Å². The van der Waals surface area contributed by atoms with Gasteiger partial charge in [-0.2, -0.15) is 0 Å². The summed E-state index contributed by atoms with van der Waals surface area (Å²) in [4.78, 5) is 45.9. The van der Waals surface area contributed by atoms with E-state index in [4.69, 9.17) is 4.74 Å². The summed E-state index contributed by atoms with van der Waals surface area (Å²) in [7, 11) is 1.55. The molecule has 5 rings (SSSR count). The Morgan fingerprint density at radius 3 is 2.21 bits per heavy atom. The first-order chi connectivity index (χ1) is 18.9. The predicted molar refractivity (Wildman–Crippen MR) is 149 cm³/mol. The van der Waals surface area contributed by atoms with E-state index in [1.165, 1.54) is 0 Å². The minimum atomic E-state index is -0.815. The fourth-order valence-corrected chi connectivity index (χ4v) is 5.68. The van der Waals surface area contributed by atoms with Crippen LogP contribution in [0.3, 0.4) is 0 Å². The van der Waals surface area contributed by atoms with Crippen molar-refractivity contribution in [3.8, 4) is 5.75 Å². The van der Waals surface area contributed by atoms with Crippen molar-refractivity contribution >= 4 is 23.4 Å². The summed E-state index contributed by atoms with van der Waals surface area (Å²) < 4.78 is 5.39. The van der Waals surface area contributed by atoms with Crippen molar-refractivity contribution < 1.29 is 19.1 Å². The Hall–Kier alpha value is -4.33. The van der Waals surface area contributed by atoms with Crippen LogP contribution in [0.15, 0.2) is 84.9 Å². The number of likely N-dealkylation sites (tertiary alicyclic amines) is 1. The number of hydrogen-bond donors (Lipinski definition) is 1. The van der Waals surface area contributed by atoms with Crippen LogP contribution in [0.4, 0.5) is 5.69 Å². The van der Waals surface area contributed by atoms with Gasteiger partial charge in [0.2, 0.25) is 5.91 Å². The van der Waals surface area contributed by atoms with Gasteiger partial charge in [0.1, 0.15) is 17.8 Å². The van der Waals surface area contributed by atoms with Crippen molar-refractivity contribution in [2.24, 2.45) is 0 Å². The molecular formula is C31H34N4O4. The van der Waals surface area contributed by atoms with E-state index in [0.29, 0.717) is 43.9 Å². The zero-order chi connectivity index (χ0) is 27.4. The van der Waals surface area contributed by atoms with Crippen LogP contribution in [0.2, 0.25) is 0 Å². The highest BCUT2D eigenvalue weighted by molar-refractivity contribution is 5.99.